The number of nitrogens with zero attached hydrogens (tertiary/aromatic N) is 1. The topological polar surface area (TPSA) is 214 Å². The molecule has 15 atom stereocenters. The molecule has 2 saturated heterocycles. The van der Waals surface area contributed by atoms with Gasteiger partial charge < -0.3 is 53.4 Å². The molecule has 16 nitrogen and oxygen atoms in total. The Morgan fingerprint density at radius 2 is 1.55 bits per heavy atom. The number of allylic oxidation sites excluding steroid dienone is 6. The minimum Gasteiger partial charge on any atom is -0.460 e. The van der Waals surface area contributed by atoms with Gasteiger partial charge in [0.2, 0.25) is 5.79 Å². The molecule has 3 heterocycles. The number of piperidine rings is 1. The number of rotatable bonds is 14. The van der Waals surface area contributed by atoms with Crippen LogP contribution in [0.25, 0.3) is 0 Å². The van der Waals surface area contributed by atoms with Crippen LogP contribution in [0.2, 0.25) is 0 Å². The van der Waals surface area contributed by atoms with Gasteiger partial charge >= 0.3 is 5.97 Å². The van der Waals surface area contributed by atoms with Crippen molar-refractivity contribution in [3.05, 3.63) is 47.6 Å². The van der Waals surface area contributed by atoms with Gasteiger partial charge in [-0.1, -0.05) is 71.1 Å². The van der Waals surface area contributed by atoms with Crippen molar-refractivity contribution < 1.29 is 72.5 Å². The highest BCUT2D eigenvalue weighted by Gasteiger charge is 2.55. The third-order valence-electron chi connectivity index (χ3n) is 16.8. The number of fused-ring (bicyclic) bond motifs is 3. The summed E-state index contributed by atoms with van der Waals surface area (Å²) in [5, 5.41) is 31.7. The van der Waals surface area contributed by atoms with E-state index in [1.54, 1.807) is 27.0 Å². The summed E-state index contributed by atoms with van der Waals surface area (Å²) < 4.78 is 43.5. The normalized spacial score (nSPS) is 36.5. The van der Waals surface area contributed by atoms with Crippen LogP contribution in [0.3, 0.4) is 0 Å². The predicted molar refractivity (Wildman–Crippen MR) is 294 cm³/mol. The Kier molecular flexibility index (Phi) is 26.1. The maximum Gasteiger partial charge on any atom is 0.329 e. The zero-order valence-corrected chi connectivity index (χ0v) is 49.3. The summed E-state index contributed by atoms with van der Waals surface area (Å²) in [6, 6.07) is -1.12. The van der Waals surface area contributed by atoms with Crippen molar-refractivity contribution in [1.82, 2.24) is 4.90 Å². The van der Waals surface area contributed by atoms with E-state index in [-0.39, 0.29) is 61.4 Å². The number of ketones is 3. The highest BCUT2D eigenvalue weighted by molar-refractivity contribution is 6.39. The summed E-state index contributed by atoms with van der Waals surface area (Å²) >= 11 is 0. The Bertz CT molecular complexity index is 2060. The second kappa shape index (κ2) is 30.4. The summed E-state index contributed by atoms with van der Waals surface area (Å²) in [5.74, 6) is -7.00. The number of ether oxygens (including phenoxy) is 7. The molecular weight excluding hydrogens is 987 g/mol. The highest BCUT2D eigenvalue weighted by Crippen LogP contribution is 2.40. The molecule has 2 bridgehead atoms. The lowest BCUT2D eigenvalue weighted by Gasteiger charge is -2.45. The lowest BCUT2D eigenvalue weighted by atomic mass is 9.78. The van der Waals surface area contributed by atoms with Crippen molar-refractivity contribution >= 4 is 29.2 Å². The van der Waals surface area contributed by atoms with Crippen LogP contribution < -0.4 is 0 Å². The molecule has 4 aliphatic rings. The lowest BCUT2D eigenvalue weighted by Crippen LogP contribution is -2.61. The number of aliphatic hydroxyl groups excluding tert-OH is 3. The first kappa shape index (κ1) is 66.1. The molecule has 0 aromatic heterocycles. The van der Waals surface area contributed by atoms with Crippen LogP contribution in [0.5, 0.6) is 0 Å². The highest BCUT2D eigenvalue weighted by atomic mass is 16.7. The molecule has 0 spiro atoms. The monoisotopic (exact) mass is 1090 g/mol. The number of methoxy groups -OCH3 is 3. The van der Waals surface area contributed by atoms with E-state index in [4.69, 9.17) is 33.2 Å². The lowest BCUT2D eigenvalue weighted by molar-refractivity contribution is -0.278. The van der Waals surface area contributed by atoms with Crippen molar-refractivity contribution in [2.45, 2.75) is 232 Å². The van der Waals surface area contributed by atoms with Gasteiger partial charge in [0, 0.05) is 65.1 Å². The molecule has 1 aliphatic carbocycles. The smallest absolute Gasteiger partial charge is 0.329 e. The van der Waals surface area contributed by atoms with Gasteiger partial charge in [-0.2, -0.15) is 0 Å². The van der Waals surface area contributed by atoms with Crippen molar-refractivity contribution in [1.29, 1.82) is 0 Å². The number of carbonyl (C=O) groups is 5. The Balaban J connectivity index is 1.76. The molecule has 3 aliphatic heterocycles. The number of carbonyl (C=O) groups excluding carboxylic acids is 5. The second-order valence-electron chi connectivity index (χ2n) is 24.2. The summed E-state index contributed by atoms with van der Waals surface area (Å²) in [6.07, 6.45) is 12.4. The second-order valence-corrected chi connectivity index (χ2v) is 24.2. The number of cyclic esters (lactones) is 1. The van der Waals surface area contributed by atoms with Crippen LogP contribution in [-0.4, -0.2) is 156 Å². The summed E-state index contributed by atoms with van der Waals surface area (Å²) in [5.41, 5.74) is 0.0620. The van der Waals surface area contributed by atoms with Crippen LogP contribution >= 0.6 is 0 Å². The van der Waals surface area contributed by atoms with E-state index in [0.717, 1.165) is 12.0 Å². The maximum absolute atomic E-state index is 14.9. The van der Waals surface area contributed by atoms with Gasteiger partial charge in [-0.25, -0.2) is 4.79 Å². The van der Waals surface area contributed by atoms with E-state index in [9.17, 15) is 39.3 Å². The van der Waals surface area contributed by atoms with E-state index >= 15 is 0 Å². The standard InChI is InChI=1S/C61H99NO15/c1-38-20-16-15-17-21-39(2)51(77-60(10,11)28-31-74-59(8,9)27-30-63)36-46-25-23-44(7)61(73-14,76-46)56(68)57(69)62-29-19-18-22-47(62)58(70)75-50(41(4)34-45-24-26-48(64)52(35-45)71-12)37-49(65)40(3)33-43(6)54(67)55(72-13)53(66)42(5)32-38/h15-17,20-21,33,38,40-42,44-48,50-52,54-55,63-64,67H,18-19,22-32,34-37H2,1-14H3/b17-15+,20-16+,39-21+,43-33+/t38-,40-,41-,42-,44-,45+,46?,47+,48-,50+,51?,52-,54-,55+,61-/m1/s1. The molecule has 1 amide bonds. The zero-order valence-electron chi connectivity index (χ0n) is 49.3. The van der Waals surface area contributed by atoms with Gasteiger partial charge in [0.25, 0.3) is 11.7 Å². The minimum atomic E-state index is -1.96. The minimum absolute atomic E-state index is 0.00642. The molecular formula is C61H99NO15. The fourth-order valence-electron chi connectivity index (χ4n) is 11.7. The maximum atomic E-state index is 14.9. The number of amides is 1. The fraction of sp³-hybridized carbons (Fsp3) is 0.787. The Labute approximate surface area is 461 Å². The number of Topliss-reactive ketones (excluding diaryl/α,β-unsaturated/α-hetero) is 3. The number of hydrogen-bond acceptors (Lipinski definition) is 15. The average Bonchev–Trinajstić information content (AvgIpc) is 3.38. The first-order valence-corrected chi connectivity index (χ1v) is 28.6. The molecule has 2 unspecified atom stereocenters. The van der Waals surface area contributed by atoms with Crippen LogP contribution in [0, 0.1) is 35.5 Å². The van der Waals surface area contributed by atoms with Crippen LogP contribution in [0.4, 0.5) is 0 Å². The molecule has 4 rings (SSSR count). The van der Waals surface area contributed by atoms with E-state index in [0.29, 0.717) is 82.8 Å². The number of aliphatic hydroxyl groups is 3. The molecule has 77 heavy (non-hydrogen) atoms. The zero-order chi connectivity index (χ0) is 57.4. The van der Waals surface area contributed by atoms with Crippen molar-refractivity contribution in [2.24, 2.45) is 35.5 Å². The largest absolute Gasteiger partial charge is 0.460 e. The molecule has 16 heteroatoms. The van der Waals surface area contributed by atoms with E-state index < -0.39 is 95.1 Å². The SMILES string of the molecule is CO[C@@H]1C[C@H](C[C@@H](C)[C@@H]2CC(=O)[C@H](C)/C=C(\C)[C@@H](O)[C@@H](OC)C(=O)[C@H](C)C[C@H](C)/C=C/C=C/C=C(\C)C(OC(C)(C)CCOC(C)(C)CCO)CC3CC[C@@H](C)[C@@](OC)(O3)C(=O)C(=O)N3CCCC[C@H]3C(=O)O2)CC[C@H]1O. The van der Waals surface area contributed by atoms with Crippen LogP contribution in [-0.2, 0) is 57.1 Å². The molecule has 438 valence electrons. The van der Waals surface area contributed by atoms with Crippen LogP contribution in [0.1, 0.15) is 166 Å². The molecule has 0 aromatic rings. The van der Waals surface area contributed by atoms with Gasteiger partial charge in [-0.3, -0.25) is 19.2 Å². The molecule has 0 aromatic carbocycles. The van der Waals surface area contributed by atoms with Crippen molar-refractivity contribution in [2.75, 3.05) is 41.1 Å². The van der Waals surface area contributed by atoms with Gasteiger partial charge in [0.05, 0.1) is 42.2 Å². The van der Waals surface area contributed by atoms with Gasteiger partial charge in [-0.05, 0) is 147 Å². The van der Waals surface area contributed by atoms with Crippen molar-refractivity contribution in [3.63, 3.8) is 0 Å². The van der Waals surface area contributed by atoms with Crippen LogP contribution in [0.15, 0.2) is 47.6 Å². The van der Waals surface area contributed by atoms with Gasteiger partial charge in [-0.15, -0.1) is 0 Å². The average molecular weight is 1090 g/mol. The van der Waals surface area contributed by atoms with Gasteiger partial charge in [0.1, 0.15) is 30.1 Å². The summed E-state index contributed by atoms with van der Waals surface area (Å²) in [4.78, 5) is 73.9. The molecule has 3 N–H and O–H groups in total. The van der Waals surface area contributed by atoms with E-state index in [1.807, 2.05) is 92.7 Å². The molecule has 0 radical (unpaired) electrons. The summed E-state index contributed by atoms with van der Waals surface area (Å²) in [7, 11) is 4.33. The number of esters is 1. The van der Waals surface area contributed by atoms with Gasteiger partial charge in [0.15, 0.2) is 5.78 Å². The van der Waals surface area contributed by atoms with E-state index in [1.165, 1.54) is 19.1 Å². The number of hydrogen-bond donors (Lipinski definition) is 3. The molecule has 1 saturated carbocycles. The summed E-state index contributed by atoms with van der Waals surface area (Å²) in [6.45, 7) is 21.3. The van der Waals surface area contributed by atoms with E-state index in [2.05, 4.69) is 0 Å². The third-order valence-corrected chi connectivity index (χ3v) is 16.8. The predicted octanol–water partition coefficient (Wildman–Crippen LogP) is 8.55. The Hall–Kier alpha value is -3.45. The van der Waals surface area contributed by atoms with Crippen molar-refractivity contribution in [3.8, 4) is 0 Å². The molecule has 3 fully saturated rings. The Morgan fingerprint density at radius 3 is 2.21 bits per heavy atom. The third kappa shape index (κ3) is 18.8. The first-order valence-electron chi connectivity index (χ1n) is 28.6. The quantitative estimate of drug-likeness (QED) is 0.0845. The fourth-order valence-corrected chi connectivity index (χ4v) is 11.7. The first-order chi connectivity index (χ1) is 36.2. The Morgan fingerprint density at radius 1 is 0.831 bits per heavy atom.